The second-order valence-corrected chi connectivity index (χ2v) is 8.89. The monoisotopic (exact) mass is 504 g/mol. The lowest BCUT2D eigenvalue weighted by Crippen LogP contribution is -2.38. The molecule has 178 valence electrons. The number of nitrogens with zero attached hydrogens (tertiary/aromatic N) is 1. The van der Waals surface area contributed by atoms with Gasteiger partial charge in [-0.2, -0.15) is 0 Å². The molecule has 0 saturated heterocycles. The minimum Gasteiger partial charge on any atom is -0.508 e. The molecule has 0 spiro atoms. The summed E-state index contributed by atoms with van der Waals surface area (Å²) in [5.74, 6) is 0.771. The molecule has 1 aliphatic heterocycles. The highest BCUT2D eigenvalue weighted by atomic mass is 35.5. The van der Waals surface area contributed by atoms with Crippen LogP contribution in [0.15, 0.2) is 41.4 Å². The third-order valence-electron chi connectivity index (χ3n) is 4.36. The first-order valence-electron chi connectivity index (χ1n) is 9.96. The van der Waals surface area contributed by atoms with Crippen molar-refractivity contribution in [2.75, 3.05) is 25.0 Å². The smallest absolute Gasteiger partial charge is 0.196 e. The van der Waals surface area contributed by atoms with Gasteiger partial charge in [-0.25, -0.2) is 0 Å². The lowest BCUT2D eigenvalue weighted by molar-refractivity contribution is 0.163. The van der Waals surface area contributed by atoms with E-state index < -0.39 is 6.10 Å². The molecule has 32 heavy (non-hydrogen) atoms. The van der Waals surface area contributed by atoms with Crippen LogP contribution in [0.5, 0.6) is 5.75 Å². The van der Waals surface area contributed by atoms with E-state index in [1.807, 2.05) is 20.8 Å². The first-order valence-corrected chi connectivity index (χ1v) is 10.7. The number of benzene rings is 2. The molecule has 2 aromatic rings. The summed E-state index contributed by atoms with van der Waals surface area (Å²) in [6.45, 7) is 7.90. The second kappa shape index (κ2) is 13.1. The van der Waals surface area contributed by atoms with Crippen molar-refractivity contribution in [3.05, 3.63) is 57.6 Å². The molecule has 1 atom stereocenters. The number of aromatic hydroxyl groups is 1. The number of para-hydroxylation sites is 1. The maximum Gasteiger partial charge on any atom is 0.196 e. The van der Waals surface area contributed by atoms with Gasteiger partial charge in [0.05, 0.1) is 35.0 Å². The highest BCUT2D eigenvalue weighted by Crippen LogP contribution is 2.29. The van der Waals surface area contributed by atoms with Gasteiger partial charge in [0.25, 0.3) is 0 Å². The summed E-state index contributed by atoms with van der Waals surface area (Å²) >= 11 is 12.0. The normalized spacial score (nSPS) is 13.8. The number of phenols is 1. The zero-order valence-electron chi connectivity index (χ0n) is 18.3. The van der Waals surface area contributed by atoms with Gasteiger partial charge >= 0.3 is 0 Å². The quantitative estimate of drug-likeness (QED) is 0.365. The summed E-state index contributed by atoms with van der Waals surface area (Å²) in [5.41, 5.74) is 1.75. The average Bonchev–Trinajstić information content (AvgIpc) is 3.23. The number of halogens is 3. The summed E-state index contributed by atoms with van der Waals surface area (Å²) in [4.78, 5) is 4.19. The van der Waals surface area contributed by atoms with Crippen molar-refractivity contribution in [1.82, 2.24) is 10.6 Å². The Hall–Kier alpha value is -1.74. The van der Waals surface area contributed by atoms with Crippen molar-refractivity contribution in [3.8, 4) is 5.75 Å². The first kappa shape index (κ1) is 28.3. The van der Waals surface area contributed by atoms with E-state index in [0.717, 1.165) is 19.0 Å². The minimum atomic E-state index is -0.653. The Labute approximate surface area is 205 Å². The average molecular weight is 506 g/mol. The standard InChI is InChI=1S/C13H21NO3.C9H9Cl2N3.ClH/c1-13(2,3)14-7-12(17)9-4-5-11(16)10(6-9)8-15;10-6-2-1-3-7(11)8(6)14-9-12-4-5-13-9;/h4-6,12,14-17H,7-8H2,1-3H3;1-3H,4-5H2,(H2,12,13,14);1H/t12-;;/m0../s1. The SMILES string of the molecule is CC(C)(C)NC[C@H](O)c1ccc(O)c(CO)c1.Cl.Clc1cccc(Cl)c1NC1=NCCN1. The lowest BCUT2D eigenvalue weighted by atomic mass is 10.0. The van der Waals surface area contributed by atoms with E-state index >= 15 is 0 Å². The molecule has 0 saturated carbocycles. The molecule has 1 heterocycles. The van der Waals surface area contributed by atoms with Crippen LogP contribution in [0.1, 0.15) is 38.0 Å². The van der Waals surface area contributed by atoms with Gasteiger partial charge in [0.2, 0.25) is 0 Å². The molecule has 0 unspecified atom stereocenters. The molecule has 10 heteroatoms. The van der Waals surface area contributed by atoms with Crippen molar-refractivity contribution in [2.45, 2.75) is 39.0 Å². The molecule has 0 aliphatic carbocycles. The number of nitrogens with one attached hydrogen (secondary N) is 3. The highest BCUT2D eigenvalue weighted by molar-refractivity contribution is 6.39. The Bertz CT molecular complexity index is 884. The number of β-amino-alcohol motifs (C(OH)–C–C–N with tert-alkyl or cyclic N) is 1. The maximum absolute atomic E-state index is 9.97. The van der Waals surface area contributed by atoms with Crippen LogP contribution in [-0.4, -0.2) is 46.5 Å². The summed E-state index contributed by atoms with van der Waals surface area (Å²) in [6.07, 6.45) is -0.653. The predicted molar refractivity (Wildman–Crippen MR) is 134 cm³/mol. The van der Waals surface area contributed by atoms with Gasteiger partial charge in [0.1, 0.15) is 5.75 Å². The van der Waals surface area contributed by atoms with Crippen LogP contribution in [0.25, 0.3) is 0 Å². The highest BCUT2D eigenvalue weighted by Gasteiger charge is 2.14. The van der Waals surface area contributed by atoms with Crippen molar-refractivity contribution in [3.63, 3.8) is 0 Å². The van der Waals surface area contributed by atoms with E-state index in [2.05, 4.69) is 20.9 Å². The largest absolute Gasteiger partial charge is 0.508 e. The number of anilines is 1. The van der Waals surface area contributed by atoms with Crippen molar-refractivity contribution in [1.29, 1.82) is 0 Å². The molecular weight excluding hydrogens is 475 g/mol. The molecule has 0 bridgehead atoms. The van der Waals surface area contributed by atoms with E-state index in [1.165, 1.54) is 6.07 Å². The summed E-state index contributed by atoms with van der Waals surface area (Å²) in [7, 11) is 0. The molecule has 7 nitrogen and oxygen atoms in total. The Morgan fingerprint density at radius 2 is 1.81 bits per heavy atom. The van der Waals surface area contributed by atoms with E-state index in [9.17, 15) is 10.2 Å². The number of rotatable bonds is 5. The van der Waals surface area contributed by atoms with Crippen LogP contribution >= 0.6 is 35.6 Å². The van der Waals surface area contributed by atoms with Crippen molar-refractivity contribution >= 4 is 47.3 Å². The molecule has 0 fully saturated rings. The molecule has 0 amide bonds. The third kappa shape index (κ3) is 9.02. The Morgan fingerprint density at radius 3 is 2.34 bits per heavy atom. The second-order valence-electron chi connectivity index (χ2n) is 8.07. The fourth-order valence-electron chi connectivity index (χ4n) is 2.68. The molecule has 6 N–H and O–H groups in total. The number of hydrogen-bond acceptors (Lipinski definition) is 7. The number of aliphatic imine (C=N–C) groups is 1. The van der Waals surface area contributed by atoms with Crippen LogP contribution in [0.4, 0.5) is 5.69 Å². The van der Waals surface area contributed by atoms with E-state index in [4.69, 9.17) is 28.3 Å². The number of aliphatic hydroxyl groups excluding tert-OH is 2. The molecule has 2 aromatic carbocycles. The van der Waals surface area contributed by atoms with Gasteiger partial charge in [-0.15, -0.1) is 12.4 Å². The van der Waals surface area contributed by atoms with Crippen LogP contribution < -0.4 is 16.0 Å². The third-order valence-corrected chi connectivity index (χ3v) is 4.99. The van der Waals surface area contributed by atoms with E-state index in [0.29, 0.717) is 33.4 Å². The van der Waals surface area contributed by atoms with Crippen molar-refractivity contribution < 1.29 is 15.3 Å². The van der Waals surface area contributed by atoms with E-state index in [-0.39, 0.29) is 30.3 Å². The van der Waals surface area contributed by atoms with Crippen LogP contribution in [0.2, 0.25) is 10.0 Å². The van der Waals surface area contributed by atoms with Crippen molar-refractivity contribution in [2.24, 2.45) is 4.99 Å². The fourth-order valence-corrected chi connectivity index (χ4v) is 3.17. The predicted octanol–water partition coefficient (Wildman–Crippen LogP) is 4.09. The first-order chi connectivity index (χ1) is 14.6. The van der Waals surface area contributed by atoms with Crippen LogP contribution in [-0.2, 0) is 6.61 Å². The zero-order valence-corrected chi connectivity index (χ0v) is 20.7. The zero-order chi connectivity index (χ0) is 23.0. The molecule has 0 radical (unpaired) electrons. The summed E-state index contributed by atoms with van der Waals surface area (Å²) < 4.78 is 0. The molecule has 3 rings (SSSR count). The lowest BCUT2D eigenvalue weighted by Gasteiger charge is -2.23. The van der Waals surface area contributed by atoms with Gasteiger partial charge < -0.3 is 31.3 Å². The summed E-state index contributed by atoms with van der Waals surface area (Å²) in [6, 6.07) is 10.1. The van der Waals surface area contributed by atoms with Gasteiger partial charge in [-0.05, 0) is 50.6 Å². The Morgan fingerprint density at radius 1 is 1.16 bits per heavy atom. The Balaban J connectivity index is 0.000000315. The Kier molecular flexibility index (Phi) is 11.6. The number of aliphatic hydroxyl groups is 2. The van der Waals surface area contributed by atoms with Crippen LogP contribution in [0.3, 0.4) is 0 Å². The van der Waals surface area contributed by atoms with Gasteiger partial charge in [0.15, 0.2) is 5.96 Å². The maximum atomic E-state index is 9.97. The summed E-state index contributed by atoms with van der Waals surface area (Å²) in [5, 5.41) is 38.9. The molecular formula is C22H31Cl3N4O3. The van der Waals surface area contributed by atoms with Gasteiger partial charge in [-0.1, -0.05) is 35.3 Å². The topological polar surface area (TPSA) is 109 Å². The van der Waals surface area contributed by atoms with Gasteiger partial charge in [0, 0.05) is 24.2 Å². The number of hydrogen-bond donors (Lipinski definition) is 6. The molecule has 0 aromatic heterocycles. The molecule has 1 aliphatic rings. The van der Waals surface area contributed by atoms with E-state index in [1.54, 1.807) is 30.3 Å². The minimum absolute atomic E-state index is 0. The fraction of sp³-hybridized carbons (Fsp3) is 0.409. The number of guanidine groups is 1. The van der Waals surface area contributed by atoms with Crippen LogP contribution in [0, 0.1) is 0 Å². The van der Waals surface area contributed by atoms with Gasteiger partial charge in [-0.3, -0.25) is 4.99 Å².